The monoisotopic (exact) mass is 401 g/mol. The molecule has 2 unspecified atom stereocenters. The van der Waals surface area contributed by atoms with Crippen LogP contribution in [-0.4, -0.2) is 59.5 Å². The van der Waals surface area contributed by atoms with E-state index < -0.39 is 0 Å². The molecule has 0 spiro atoms. The molecule has 1 amide bonds. The van der Waals surface area contributed by atoms with Crippen LogP contribution >= 0.6 is 11.3 Å². The van der Waals surface area contributed by atoms with E-state index in [1.54, 1.807) is 17.7 Å². The summed E-state index contributed by atoms with van der Waals surface area (Å²) in [5.41, 5.74) is 0. The first kappa shape index (κ1) is 19.6. The number of hydrogen-bond donors (Lipinski definition) is 1. The number of amides is 1. The standard InChI is InChI=1S/C21H31N5OS/c1-3-17-12-18-20(22-14-23-21(18)28-17)26-9-7-25(8-10-26)13-19(27)24-16-6-4-5-15(2)11-16/h12,14-16H,3-11,13H2,1-2H3,(H,24,27). The van der Waals surface area contributed by atoms with Crippen molar-refractivity contribution in [1.82, 2.24) is 20.2 Å². The minimum atomic E-state index is 0.183. The van der Waals surface area contributed by atoms with Crippen molar-refractivity contribution in [3.63, 3.8) is 0 Å². The average molecular weight is 402 g/mol. The lowest BCUT2D eigenvalue weighted by atomic mass is 9.87. The Morgan fingerprint density at radius 2 is 2.07 bits per heavy atom. The van der Waals surface area contributed by atoms with Crippen molar-refractivity contribution >= 4 is 33.3 Å². The van der Waals surface area contributed by atoms with E-state index in [1.807, 2.05) is 0 Å². The highest BCUT2D eigenvalue weighted by Gasteiger charge is 2.24. The van der Waals surface area contributed by atoms with Crippen LogP contribution in [0.2, 0.25) is 0 Å². The lowest BCUT2D eigenvalue weighted by Gasteiger charge is -2.35. The van der Waals surface area contributed by atoms with Crippen molar-refractivity contribution in [2.45, 2.75) is 52.0 Å². The van der Waals surface area contributed by atoms with E-state index in [4.69, 9.17) is 0 Å². The Bertz CT molecular complexity index is 814. The molecule has 28 heavy (non-hydrogen) atoms. The van der Waals surface area contributed by atoms with Crippen LogP contribution in [0.25, 0.3) is 10.2 Å². The third kappa shape index (κ3) is 4.46. The number of carbonyl (C=O) groups excluding carboxylic acids is 1. The normalized spacial score (nSPS) is 23.9. The fourth-order valence-electron chi connectivity index (χ4n) is 4.48. The number of carbonyl (C=O) groups is 1. The molecule has 2 aliphatic rings. The van der Waals surface area contributed by atoms with Crippen molar-refractivity contribution in [2.75, 3.05) is 37.6 Å². The number of aryl methyl sites for hydroxylation is 1. The molecule has 152 valence electrons. The molecular formula is C21H31N5OS. The number of fused-ring (bicyclic) bond motifs is 1. The van der Waals surface area contributed by atoms with Gasteiger partial charge in [0.25, 0.3) is 0 Å². The number of nitrogens with zero attached hydrogens (tertiary/aromatic N) is 4. The van der Waals surface area contributed by atoms with Gasteiger partial charge in [0.2, 0.25) is 5.91 Å². The lowest BCUT2D eigenvalue weighted by Crippen LogP contribution is -2.51. The summed E-state index contributed by atoms with van der Waals surface area (Å²) in [5.74, 6) is 1.96. The summed E-state index contributed by atoms with van der Waals surface area (Å²) in [5, 5.41) is 4.43. The molecule has 0 bridgehead atoms. The molecule has 7 heteroatoms. The average Bonchev–Trinajstić information content (AvgIpc) is 3.12. The molecule has 4 rings (SSSR count). The smallest absolute Gasteiger partial charge is 0.234 e. The van der Waals surface area contributed by atoms with Crippen molar-refractivity contribution in [3.05, 3.63) is 17.3 Å². The number of rotatable bonds is 5. The van der Waals surface area contributed by atoms with Gasteiger partial charge in [0, 0.05) is 37.1 Å². The molecule has 1 saturated heterocycles. The van der Waals surface area contributed by atoms with Gasteiger partial charge in [-0.3, -0.25) is 9.69 Å². The third-order valence-electron chi connectivity index (χ3n) is 6.05. The Morgan fingerprint density at radius 3 is 2.82 bits per heavy atom. The third-order valence-corrected chi connectivity index (χ3v) is 7.24. The second kappa shape index (κ2) is 8.74. The molecule has 0 aromatic carbocycles. The number of hydrogen-bond acceptors (Lipinski definition) is 6. The van der Waals surface area contributed by atoms with E-state index in [2.05, 4.69) is 45.0 Å². The SMILES string of the molecule is CCc1cc2c(N3CCN(CC(=O)NC4CCCC(C)C4)CC3)ncnc2s1. The molecule has 2 fully saturated rings. The summed E-state index contributed by atoms with van der Waals surface area (Å²) in [6.07, 6.45) is 7.51. The molecule has 1 N–H and O–H groups in total. The molecule has 2 aromatic heterocycles. The van der Waals surface area contributed by atoms with E-state index in [9.17, 15) is 4.79 Å². The van der Waals surface area contributed by atoms with Gasteiger partial charge in [-0.05, 0) is 31.2 Å². The maximum absolute atomic E-state index is 12.5. The summed E-state index contributed by atoms with van der Waals surface area (Å²) in [4.78, 5) is 28.5. The van der Waals surface area contributed by atoms with Crippen LogP contribution in [0.1, 0.15) is 44.4 Å². The maximum atomic E-state index is 12.5. The predicted molar refractivity (Wildman–Crippen MR) is 115 cm³/mol. The van der Waals surface area contributed by atoms with Crippen LogP contribution in [0, 0.1) is 5.92 Å². The summed E-state index contributed by atoms with van der Waals surface area (Å²) < 4.78 is 0. The molecule has 2 atom stereocenters. The Kier molecular flexibility index (Phi) is 6.11. The zero-order chi connectivity index (χ0) is 19.5. The molecular weight excluding hydrogens is 370 g/mol. The summed E-state index contributed by atoms with van der Waals surface area (Å²) in [6.45, 7) is 8.56. The minimum absolute atomic E-state index is 0.183. The van der Waals surface area contributed by atoms with Gasteiger partial charge in [-0.25, -0.2) is 9.97 Å². The van der Waals surface area contributed by atoms with E-state index >= 15 is 0 Å². The van der Waals surface area contributed by atoms with Gasteiger partial charge in [0.15, 0.2) is 0 Å². The molecule has 0 radical (unpaired) electrons. The van der Waals surface area contributed by atoms with Crippen molar-refractivity contribution in [1.29, 1.82) is 0 Å². The number of aromatic nitrogens is 2. The first-order valence-corrected chi connectivity index (χ1v) is 11.4. The van der Waals surface area contributed by atoms with Crippen LogP contribution in [0.15, 0.2) is 12.4 Å². The Labute approximate surface area is 171 Å². The first-order valence-electron chi connectivity index (χ1n) is 10.6. The molecule has 1 aliphatic heterocycles. The minimum Gasteiger partial charge on any atom is -0.353 e. The Morgan fingerprint density at radius 1 is 1.25 bits per heavy atom. The van der Waals surface area contributed by atoms with E-state index in [0.29, 0.717) is 12.6 Å². The summed E-state index contributed by atoms with van der Waals surface area (Å²) in [7, 11) is 0. The van der Waals surface area contributed by atoms with Gasteiger partial charge in [-0.15, -0.1) is 11.3 Å². The first-order chi connectivity index (χ1) is 13.6. The van der Waals surface area contributed by atoms with Crippen LogP contribution < -0.4 is 10.2 Å². The topological polar surface area (TPSA) is 61.4 Å². The summed E-state index contributed by atoms with van der Waals surface area (Å²) in [6, 6.07) is 2.61. The van der Waals surface area contributed by atoms with Crippen LogP contribution in [-0.2, 0) is 11.2 Å². The number of thiophene rings is 1. The molecule has 1 aliphatic carbocycles. The number of piperazine rings is 1. The number of anilines is 1. The highest BCUT2D eigenvalue weighted by atomic mass is 32.1. The van der Waals surface area contributed by atoms with Crippen LogP contribution in [0.3, 0.4) is 0 Å². The summed E-state index contributed by atoms with van der Waals surface area (Å²) >= 11 is 1.76. The van der Waals surface area contributed by atoms with E-state index in [0.717, 1.165) is 62.0 Å². The second-order valence-corrected chi connectivity index (χ2v) is 9.40. The maximum Gasteiger partial charge on any atom is 0.234 e. The molecule has 3 heterocycles. The Hall–Kier alpha value is -1.73. The second-order valence-electron chi connectivity index (χ2n) is 8.28. The fraction of sp³-hybridized carbons (Fsp3) is 0.667. The van der Waals surface area contributed by atoms with Crippen molar-refractivity contribution in [2.24, 2.45) is 5.92 Å². The predicted octanol–water partition coefficient (Wildman–Crippen LogP) is 3.07. The quantitative estimate of drug-likeness (QED) is 0.834. The van der Waals surface area contributed by atoms with Crippen molar-refractivity contribution < 1.29 is 4.79 Å². The Balaban J connectivity index is 1.31. The molecule has 6 nitrogen and oxygen atoms in total. The lowest BCUT2D eigenvalue weighted by molar-refractivity contribution is -0.123. The van der Waals surface area contributed by atoms with Gasteiger partial charge in [0.05, 0.1) is 11.9 Å². The van der Waals surface area contributed by atoms with Crippen molar-refractivity contribution in [3.8, 4) is 0 Å². The largest absolute Gasteiger partial charge is 0.353 e. The zero-order valence-electron chi connectivity index (χ0n) is 17.0. The van der Waals surface area contributed by atoms with Gasteiger partial charge in [0.1, 0.15) is 17.0 Å². The van der Waals surface area contributed by atoms with Gasteiger partial charge in [-0.1, -0.05) is 26.7 Å². The van der Waals surface area contributed by atoms with E-state index in [1.165, 1.54) is 23.1 Å². The van der Waals surface area contributed by atoms with Gasteiger partial charge in [-0.2, -0.15) is 0 Å². The number of nitrogens with one attached hydrogen (secondary N) is 1. The van der Waals surface area contributed by atoms with Gasteiger partial charge >= 0.3 is 0 Å². The van der Waals surface area contributed by atoms with Crippen LogP contribution in [0.5, 0.6) is 0 Å². The highest BCUT2D eigenvalue weighted by Crippen LogP contribution is 2.31. The van der Waals surface area contributed by atoms with Crippen LogP contribution in [0.4, 0.5) is 5.82 Å². The fourth-order valence-corrected chi connectivity index (χ4v) is 5.41. The van der Waals surface area contributed by atoms with E-state index in [-0.39, 0.29) is 5.91 Å². The van der Waals surface area contributed by atoms with Gasteiger partial charge < -0.3 is 10.2 Å². The zero-order valence-corrected chi connectivity index (χ0v) is 17.8. The molecule has 2 aromatic rings. The highest BCUT2D eigenvalue weighted by molar-refractivity contribution is 7.18. The molecule has 1 saturated carbocycles.